The first kappa shape index (κ1) is 26.4. The van der Waals surface area contributed by atoms with Crippen molar-refractivity contribution in [3.05, 3.63) is 42.0 Å². The highest BCUT2D eigenvalue weighted by Crippen LogP contribution is 2.35. The maximum Gasteiger partial charge on any atom is 0.242 e. The SMILES string of the molecule is CCCCNC(=O)[C@H](CC)N(Cc1ccc(OC)cc1)C(=O)CCN1C(=O)[C@H]2CC=CC[C@H]2C1=O. The number of ether oxygens (including phenoxy) is 1. The highest BCUT2D eigenvalue weighted by Gasteiger charge is 2.47. The molecule has 0 aromatic heterocycles. The average molecular weight is 484 g/mol. The molecule has 8 heteroatoms. The molecule has 1 fully saturated rings. The minimum absolute atomic E-state index is 0.0146. The Labute approximate surface area is 207 Å². The molecule has 0 spiro atoms. The van der Waals surface area contributed by atoms with Crippen LogP contribution < -0.4 is 10.1 Å². The van der Waals surface area contributed by atoms with E-state index in [1.165, 1.54) is 4.90 Å². The van der Waals surface area contributed by atoms with Crippen LogP contribution >= 0.6 is 0 Å². The molecule has 0 saturated carbocycles. The molecule has 3 atom stereocenters. The maximum atomic E-state index is 13.4. The van der Waals surface area contributed by atoms with Crippen LogP contribution in [0.25, 0.3) is 0 Å². The molecule has 1 aliphatic heterocycles. The second-order valence-electron chi connectivity index (χ2n) is 9.17. The van der Waals surface area contributed by atoms with Gasteiger partial charge in [-0.15, -0.1) is 0 Å². The predicted octanol–water partition coefficient (Wildman–Crippen LogP) is 3.06. The van der Waals surface area contributed by atoms with Crippen molar-refractivity contribution in [3.8, 4) is 5.75 Å². The molecule has 0 unspecified atom stereocenters. The van der Waals surface area contributed by atoms with Crippen molar-refractivity contribution in [1.29, 1.82) is 0 Å². The number of rotatable bonds is 12. The van der Waals surface area contributed by atoms with Crippen LogP contribution in [0.3, 0.4) is 0 Å². The molecular weight excluding hydrogens is 446 g/mol. The number of fused-ring (bicyclic) bond motifs is 1. The zero-order valence-corrected chi connectivity index (χ0v) is 21.0. The number of carbonyl (C=O) groups excluding carboxylic acids is 4. The smallest absolute Gasteiger partial charge is 0.242 e. The third-order valence-electron chi connectivity index (χ3n) is 6.88. The van der Waals surface area contributed by atoms with Crippen molar-refractivity contribution in [3.63, 3.8) is 0 Å². The monoisotopic (exact) mass is 483 g/mol. The molecule has 1 aromatic rings. The molecule has 1 N–H and O–H groups in total. The largest absolute Gasteiger partial charge is 0.497 e. The predicted molar refractivity (Wildman–Crippen MR) is 132 cm³/mol. The maximum absolute atomic E-state index is 13.4. The van der Waals surface area contributed by atoms with Gasteiger partial charge < -0.3 is 15.0 Å². The number of imide groups is 1. The Kier molecular flexibility index (Phi) is 9.46. The van der Waals surface area contributed by atoms with Gasteiger partial charge in [0, 0.05) is 26.1 Å². The second-order valence-corrected chi connectivity index (χ2v) is 9.17. The van der Waals surface area contributed by atoms with Crippen LogP contribution in [0.2, 0.25) is 0 Å². The minimum Gasteiger partial charge on any atom is -0.497 e. The second kappa shape index (κ2) is 12.5. The van der Waals surface area contributed by atoms with Crippen LogP contribution in [0.5, 0.6) is 5.75 Å². The Morgan fingerprint density at radius 2 is 1.71 bits per heavy atom. The van der Waals surface area contributed by atoms with Crippen LogP contribution in [-0.2, 0) is 25.7 Å². The summed E-state index contributed by atoms with van der Waals surface area (Å²) in [7, 11) is 1.59. The number of carbonyl (C=O) groups is 4. The van der Waals surface area contributed by atoms with Crippen molar-refractivity contribution >= 4 is 23.6 Å². The quantitative estimate of drug-likeness (QED) is 0.280. The van der Waals surface area contributed by atoms with E-state index in [0.29, 0.717) is 31.6 Å². The number of nitrogens with zero attached hydrogens (tertiary/aromatic N) is 2. The molecular formula is C27H37N3O5. The zero-order chi connectivity index (χ0) is 25.4. The van der Waals surface area contributed by atoms with Gasteiger partial charge >= 0.3 is 0 Å². The van der Waals surface area contributed by atoms with E-state index in [1.807, 2.05) is 43.3 Å². The molecule has 0 radical (unpaired) electrons. The van der Waals surface area contributed by atoms with Crippen LogP contribution in [-0.4, -0.2) is 59.7 Å². The molecule has 35 heavy (non-hydrogen) atoms. The molecule has 2 aliphatic rings. The summed E-state index contributed by atoms with van der Waals surface area (Å²) in [6, 6.07) is 6.73. The van der Waals surface area contributed by atoms with Crippen molar-refractivity contribution in [2.45, 2.75) is 65.0 Å². The first-order valence-electron chi connectivity index (χ1n) is 12.6. The third-order valence-corrected chi connectivity index (χ3v) is 6.88. The van der Waals surface area contributed by atoms with Gasteiger partial charge in [-0.2, -0.15) is 0 Å². The number of nitrogens with one attached hydrogen (secondary N) is 1. The Morgan fingerprint density at radius 3 is 2.26 bits per heavy atom. The Morgan fingerprint density at radius 1 is 1.09 bits per heavy atom. The van der Waals surface area contributed by atoms with Gasteiger partial charge in [0.25, 0.3) is 0 Å². The van der Waals surface area contributed by atoms with E-state index < -0.39 is 6.04 Å². The van der Waals surface area contributed by atoms with E-state index in [2.05, 4.69) is 12.2 Å². The summed E-state index contributed by atoms with van der Waals surface area (Å²) in [6.07, 6.45) is 7.29. The fourth-order valence-electron chi connectivity index (χ4n) is 4.79. The van der Waals surface area contributed by atoms with Crippen LogP contribution in [0, 0.1) is 11.8 Å². The van der Waals surface area contributed by atoms with Crippen LogP contribution in [0.1, 0.15) is 57.9 Å². The molecule has 8 nitrogen and oxygen atoms in total. The highest BCUT2D eigenvalue weighted by atomic mass is 16.5. The lowest BCUT2D eigenvalue weighted by Gasteiger charge is -2.31. The minimum atomic E-state index is -0.641. The van der Waals surface area contributed by atoms with Gasteiger partial charge in [0.05, 0.1) is 18.9 Å². The summed E-state index contributed by atoms with van der Waals surface area (Å²) in [4.78, 5) is 54.8. The van der Waals surface area contributed by atoms with E-state index in [1.54, 1.807) is 12.0 Å². The number of likely N-dealkylation sites (tertiary alicyclic amines) is 1. The van der Waals surface area contributed by atoms with Gasteiger partial charge in [-0.3, -0.25) is 24.1 Å². The fraction of sp³-hybridized carbons (Fsp3) is 0.556. The number of methoxy groups -OCH3 is 1. The number of benzene rings is 1. The summed E-state index contributed by atoms with van der Waals surface area (Å²) in [5.41, 5.74) is 0.865. The first-order valence-corrected chi connectivity index (χ1v) is 12.6. The van der Waals surface area contributed by atoms with E-state index in [0.717, 1.165) is 18.4 Å². The van der Waals surface area contributed by atoms with Crippen molar-refractivity contribution in [2.24, 2.45) is 11.8 Å². The van der Waals surface area contributed by atoms with Gasteiger partial charge in [0.2, 0.25) is 23.6 Å². The summed E-state index contributed by atoms with van der Waals surface area (Å²) < 4.78 is 5.22. The molecule has 0 bridgehead atoms. The summed E-state index contributed by atoms with van der Waals surface area (Å²) in [6.45, 7) is 4.78. The summed E-state index contributed by atoms with van der Waals surface area (Å²) >= 11 is 0. The van der Waals surface area contributed by atoms with Crippen molar-refractivity contribution in [1.82, 2.24) is 15.1 Å². The number of hydrogen-bond acceptors (Lipinski definition) is 5. The Hall–Kier alpha value is -3.16. The van der Waals surface area contributed by atoms with Gasteiger partial charge in [0.1, 0.15) is 11.8 Å². The van der Waals surface area contributed by atoms with Crippen molar-refractivity contribution < 1.29 is 23.9 Å². The topological polar surface area (TPSA) is 96.0 Å². The normalized spacial score (nSPS) is 19.9. The Balaban J connectivity index is 1.73. The van der Waals surface area contributed by atoms with E-state index >= 15 is 0 Å². The van der Waals surface area contributed by atoms with Crippen LogP contribution in [0.15, 0.2) is 36.4 Å². The molecule has 1 saturated heterocycles. The number of hydrogen-bond donors (Lipinski definition) is 1. The fourth-order valence-corrected chi connectivity index (χ4v) is 4.79. The van der Waals surface area contributed by atoms with Gasteiger partial charge in [-0.05, 0) is 43.4 Å². The molecule has 1 aliphatic carbocycles. The van der Waals surface area contributed by atoms with Crippen LogP contribution in [0.4, 0.5) is 0 Å². The van der Waals surface area contributed by atoms with E-state index in [4.69, 9.17) is 4.74 Å². The first-order chi connectivity index (χ1) is 16.9. The molecule has 4 amide bonds. The molecule has 1 aromatic carbocycles. The number of allylic oxidation sites excluding steroid dienone is 2. The lowest BCUT2D eigenvalue weighted by Crippen LogP contribution is -2.49. The molecule has 190 valence electrons. The summed E-state index contributed by atoms with van der Waals surface area (Å²) in [5, 5.41) is 2.94. The van der Waals surface area contributed by atoms with Gasteiger partial charge in [-0.25, -0.2) is 0 Å². The lowest BCUT2D eigenvalue weighted by molar-refractivity contribution is -0.144. The number of amides is 4. The molecule has 1 heterocycles. The summed E-state index contributed by atoms with van der Waals surface area (Å²) in [5.74, 6) is -0.749. The van der Waals surface area contributed by atoms with E-state index in [9.17, 15) is 19.2 Å². The number of unbranched alkanes of at least 4 members (excludes halogenated alkanes) is 1. The van der Waals surface area contributed by atoms with Gasteiger partial charge in [-0.1, -0.05) is 44.6 Å². The molecule has 3 rings (SSSR count). The standard InChI is InChI=1S/C27H37N3O5/c1-4-6-16-28-25(32)23(5-2)30(18-19-11-13-20(35-3)14-12-19)24(31)15-17-29-26(33)21-9-7-8-10-22(21)27(29)34/h7-8,11-14,21-23H,4-6,9-10,15-18H2,1-3H3,(H,28,32)/t21-,22+,23-/m0/s1. The highest BCUT2D eigenvalue weighted by molar-refractivity contribution is 6.05. The Bertz CT molecular complexity index is 917. The van der Waals surface area contributed by atoms with Crippen molar-refractivity contribution in [2.75, 3.05) is 20.2 Å². The van der Waals surface area contributed by atoms with E-state index in [-0.39, 0.29) is 55.0 Å². The van der Waals surface area contributed by atoms with Gasteiger partial charge in [0.15, 0.2) is 0 Å². The zero-order valence-electron chi connectivity index (χ0n) is 21.0. The third kappa shape index (κ3) is 6.29. The lowest BCUT2D eigenvalue weighted by atomic mass is 9.85. The average Bonchev–Trinajstić information content (AvgIpc) is 3.12.